The molecule has 2 rings (SSSR count). The Kier molecular flexibility index (Phi) is 5.49. The Morgan fingerprint density at radius 2 is 2.20 bits per heavy atom. The van der Waals surface area contributed by atoms with Crippen LogP contribution in [0.25, 0.3) is 0 Å². The molecular weight excluding hydrogens is 350 g/mol. The van der Waals surface area contributed by atoms with E-state index in [1.165, 1.54) is 11.7 Å². The van der Waals surface area contributed by atoms with Crippen molar-refractivity contribution in [1.29, 1.82) is 0 Å². The summed E-state index contributed by atoms with van der Waals surface area (Å²) in [6.07, 6.45) is 2.14. The summed E-state index contributed by atoms with van der Waals surface area (Å²) in [5, 5.41) is 10.6. The number of aryl methyl sites for hydroxylation is 1. The highest BCUT2D eigenvalue weighted by Crippen LogP contribution is 2.17. The molecule has 0 bridgehead atoms. The van der Waals surface area contributed by atoms with E-state index in [1.54, 1.807) is 0 Å². The van der Waals surface area contributed by atoms with Crippen LogP contribution in [0, 0.1) is 0 Å². The fourth-order valence-corrected chi connectivity index (χ4v) is 4.14. The average molecular weight is 368 g/mol. The van der Waals surface area contributed by atoms with E-state index in [9.17, 15) is 8.42 Å². The minimum Gasteiger partial charge on any atom is -0.377 e. The molecule has 2 heterocycles. The second kappa shape index (κ2) is 6.94. The van der Waals surface area contributed by atoms with E-state index in [0.717, 1.165) is 25.9 Å². The van der Waals surface area contributed by atoms with Gasteiger partial charge < -0.3 is 10.1 Å². The molecule has 114 valence electrons. The third-order valence-electron chi connectivity index (χ3n) is 3.03. The first kappa shape index (κ1) is 15.8. The molecule has 0 aromatic carbocycles. The molecule has 0 atom stereocenters. The molecule has 1 aromatic rings. The molecule has 0 radical (unpaired) electrons. The Balaban J connectivity index is 1.81. The summed E-state index contributed by atoms with van der Waals surface area (Å²) in [6.45, 7) is 2.48. The lowest BCUT2D eigenvalue weighted by molar-refractivity contribution is 0.0366. The first-order valence-electron chi connectivity index (χ1n) is 6.38. The van der Waals surface area contributed by atoms with E-state index in [1.807, 2.05) is 0 Å². The summed E-state index contributed by atoms with van der Waals surface area (Å²) in [4.78, 5) is 0. The summed E-state index contributed by atoms with van der Waals surface area (Å²) >= 11 is 3.07. The number of ether oxygens (including phenoxy) is 1. The van der Waals surface area contributed by atoms with Crippen molar-refractivity contribution >= 4 is 26.0 Å². The molecule has 0 spiro atoms. The van der Waals surface area contributed by atoms with Gasteiger partial charge in [-0.1, -0.05) is 5.21 Å². The van der Waals surface area contributed by atoms with Crippen LogP contribution in [0.1, 0.15) is 12.8 Å². The van der Waals surface area contributed by atoms with Gasteiger partial charge in [-0.25, -0.2) is 17.8 Å². The van der Waals surface area contributed by atoms with Crippen molar-refractivity contribution in [2.45, 2.75) is 24.0 Å². The highest BCUT2D eigenvalue weighted by Gasteiger charge is 2.23. The van der Waals surface area contributed by atoms with Crippen molar-refractivity contribution < 1.29 is 13.2 Å². The number of hydrogen-bond donors (Lipinski definition) is 2. The van der Waals surface area contributed by atoms with Crippen LogP contribution in [0.2, 0.25) is 0 Å². The van der Waals surface area contributed by atoms with Crippen LogP contribution in [-0.2, 0) is 21.8 Å². The van der Waals surface area contributed by atoms with Crippen LogP contribution in [0.4, 0.5) is 0 Å². The van der Waals surface area contributed by atoms with Gasteiger partial charge in [0.15, 0.2) is 4.60 Å². The smallest absolute Gasteiger partial charge is 0.260 e. The summed E-state index contributed by atoms with van der Waals surface area (Å²) in [5.41, 5.74) is 0. The largest absolute Gasteiger partial charge is 0.377 e. The Bertz CT molecular complexity index is 522. The van der Waals surface area contributed by atoms with Crippen LogP contribution in [-0.4, -0.2) is 55.8 Å². The Hall–Kier alpha value is -0.550. The van der Waals surface area contributed by atoms with Crippen molar-refractivity contribution in [1.82, 2.24) is 25.0 Å². The van der Waals surface area contributed by atoms with Gasteiger partial charge in [0.1, 0.15) is 0 Å². The molecule has 1 aliphatic heterocycles. The van der Waals surface area contributed by atoms with Crippen LogP contribution in [0.3, 0.4) is 0 Å². The summed E-state index contributed by atoms with van der Waals surface area (Å²) in [7, 11) is -2.11. The molecule has 10 heteroatoms. The summed E-state index contributed by atoms with van der Waals surface area (Å²) in [6, 6.07) is 0. The number of halogens is 1. The van der Waals surface area contributed by atoms with Crippen molar-refractivity contribution in [3.05, 3.63) is 4.60 Å². The first-order chi connectivity index (χ1) is 9.50. The van der Waals surface area contributed by atoms with E-state index in [4.69, 9.17) is 4.74 Å². The summed E-state index contributed by atoms with van der Waals surface area (Å²) in [5.74, 6) is 0. The van der Waals surface area contributed by atoms with Gasteiger partial charge in [0, 0.05) is 13.6 Å². The van der Waals surface area contributed by atoms with Crippen LogP contribution >= 0.6 is 15.9 Å². The maximum atomic E-state index is 12.1. The second-order valence-corrected chi connectivity index (χ2v) is 6.96. The fourth-order valence-electron chi connectivity index (χ4n) is 2.04. The quantitative estimate of drug-likeness (QED) is 0.665. The van der Waals surface area contributed by atoms with Crippen LogP contribution < -0.4 is 10.0 Å². The molecular formula is C10H18BrN5O3S. The number of sulfonamides is 1. The zero-order valence-corrected chi connectivity index (χ0v) is 13.6. The van der Waals surface area contributed by atoms with Gasteiger partial charge in [-0.3, -0.25) is 0 Å². The minimum atomic E-state index is -3.63. The van der Waals surface area contributed by atoms with Gasteiger partial charge in [0.25, 0.3) is 10.0 Å². The molecule has 1 aliphatic rings. The monoisotopic (exact) mass is 367 g/mol. The van der Waals surface area contributed by atoms with E-state index < -0.39 is 10.0 Å². The number of aromatic nitrogens is 3. The maximum absolute atomic E-state index is 12.1. The topological polar surface area (TPSA) is 98.1 Å². The van der Waals surface area contributed by atoms with Gasteiger partial charge in [0.2, 0.25) is 5.03 Å². The zero-order chi connectivity index (χ0) is 14.6. The molecule has 0 unspecified atom stereocenters. The minimum absolute atomic E-state index is 0.0133. The number of rotatable bonds is 6. The zero-order valence-electron chi connectivity index (χ0n) is 11.2. The van der Waals surface area contributed by atoms with E-state index in [0.29, 0.717) is 6.61 Å². The predicted octanol–water partition coefficient (Wildman–Crippen LogP) is -0.375. The number of hydrogen-bond acceptors (Lipinski definition) is 6. The molecule has 0 amide bonds. The molecule has 1 fully saturated rings. The number of piperidine rings is 1. The molecule has 2 N–H and O–H groups in total. The molecule has 20 heavy (non-hydrogen) atoms. The first-order valence-corrected chi connectivity index (χ1v) is 8.65. The molecule has 1 aromatic heterocycles. The Morgan fingerprint density at radius 3 is 2.80 bits per heavy atom. The molecule has 0 saturated carbocycles. The lowest BCUT2D eigenvalue weighted by Crippen LogP contribution is -2.35. The Morgan fingerprint density at radius 1 is 1.50 bits per heavy atom. The van der Waals surface area contributed by atoms with Gasteiger partial charge in [0.05, 0.1) is 12.7 Å². The number of nitrogens with zero attached hydrogens (tertiary/aromatic N) is 3. The normalized spacial score (nSPS) is 17.5. The second-order valence-electron chi connectivity index (χ2n) is 4.53. The van der Waals surface area contributed by atoms with Gasteiger partial charge in [-0.2, -0.15) is 0 Å². The van der Waals surface area contributed by atoms with Crippen LogP contribution in [0.5, 0.6) is 0 Å². The summed E-state index contributed by atoms with van der Waals surface area (Å²) < 4.78 is 33.7. The van der Waals surface area contributed by atoms with Crippen molar-refractivity contribution in [2.24, 2.45) is 7.05 Å². The molecule has 1 saturated heterocycles. The van der Waals surface area contributed by atoms with Crippen molar-refractivity contribution in [2.75, 3.05) is 26.2 Å². The van der Waals surface area contributed by atoms with Gasteiger partial charge >= 0.3 is 0 Å². The van der Waals surface area contributed by atoms with E-state index in [-0.39, 0.29) is 22.3 Å². The van der Waals surface area contributed by atoms with Crippen molar-refractivity contribution in [3.63, 3.8) is 0 Å². The van der Waals surface area contributed by atoms with E-state index in [2.05, 4.69) is 36.3 Å². The highest BCUT2D eigenvalue weighted by atomic mass is 79.9. The Labute approximate surface area is 126 Å². The standard InChI is InChI=1S/C10H18BrN5O3S/c1-16-10(9(11)14-15-16)20(17,18)13-6-7-19-8-2-4-12-5-3-8/h8,12-13H,2-7H2,1H3. The molecule has 0 aliphatic carbocycles. The average Bonchev–Trinajstić information content (AvgIpc) is 2.76. The van der Waals surface area contributed by atoms with Gasteiger partial charge in [-0.15, -0.1) is 5.10 Å². The fraction of sp³-hybridized carbons (Fsp3) is 0.800. The lowest BCUT2D eigenvalue weighted by Gasteiger charge is -2.22. The number of nitrogens with one attached hydrogen (secondary N) is 2. The van der Waals surface area contributed by atoms with Crippen LogP contribution in [0.15, 0.2) is 9.63 Å². The maximum Gasteiger partial charge on any atom is 0.260 e. The SMILES string of the molecule is Cn1nnc(Br)c1S(=O)(=O)NCCOC1CCNCC1. The van der Waals surface area contributed by atoms with Gasteiger partial charge in [-0.05, 0) is 41.9 Å². The van der Waals surface area contributed by atoms with Crippen molar-refractivity contribution in [3.8, 4) is 0 Å². The molecule has 8 nitrogen and oxygen atoms in total. The highest BCUT2D eigenvalue weighted by molar-refractivity contribution is 9.10. The third kappa shape index (κ3) is 3.98. The predicted molar refractivity (Wildman–Crippen MR) is 75.7 cm³/mol. The van der Waals surface area contributed by atoms with E-state index >= 15 is 0 Å². The third-order valence-corrected chi connectivity index (χ3v) is 5.37. The lowest BCUT2D eigenvalue weighted by atomic mass is 10.1.